The Kier molecular flexibility index (Phi) is 16.7. The number of nitrogens with two attached hydrogens (primary N) is 1. The van der Waals surface area contributed by atoms with Gasteiger partial charge in [0.15, 0.2) is 6.10 Å². The summed E-state index contributed by atoms with van der Waals surface area (Å²) in [5.41, 5.74) is 6.69. The van der Waals surface area contributed by atoms with E-state index in [2.05, 4.69) is 27.4 Å². The summed E-state index contributed by atoms with van der Waals surface area (Å²) in [5, 5.41) is 17.3. The maximum Gasteiger partial charge on any atom is 0.405 e. The number of ether oxygens (including phenoxy) is 3. The van der Waals surface area contributed by atoms with E-state index in [9.17, 15) is 24.3 Å². The zero-order valence-electron chi connectivity index (χ0n) is 31.4. The number of Topliss-reactive ketones (excluding diaryl/α,β-unsaturated/α-hetero) is 1. The second-order valence-electron chi connectivity index (χ2n) is 13.9. The number of nitrogens with zero attached hydrogens (tertiary/aromatic N) is 2. The van der Waals surface area contributed by atoms with Gasteiger partial charge in [0.05, 0.1) is 23.6 Å². The summed E-state index contributed by atoms with van der Waals surface area (Å²) in [6, 6.07) is 0. The molecule has 51 heavy (non-hydrogen) atoms. The van der Waals surface area contributed by atoms with Crippen LogP contribution < -0.4 is 16.4 Å². The van der Waals surface area contributed by atoms with E-state index in [1.54, 1.807) is 32.1 Å². The van der Waals surface area contributed by atoms with Gasteiger partial charge in [-0.1, -0.05) is 45.1 Å². The number of methoxy groups -OCH3 is 2. The summed E-state index contributed by atoms with van der Waals surface area (Å²) in [6.45, 7) is 15.9. The Labute approximate surface area is 303 Å². The first-order valence-corrected chi connectivity index (χ1v) is 18.1. The molecule has 13 heteroatoms. The fourth-order valence-corrected chi connectivity index (χ4v) is 6.85. The first-order chi connectivity index (χ1) is 24.3. The molecule has 0 radical (unpaired) electrons. The zero-order chi connectivity index (χ0) is 37.7. The lowest BCUT2D eigenvalue weighted by molar-refractivity contribution is -0.120. The largest absolute Gasteiger partial charge is 0.439 e. The molecule has 5 N–H and O–H groups in total. The van der Waals surface area contributed by atoms with Crippen LogP contribution in [-0.4, -0.2) is 123 Å². The molecule has 6 atom stereocenters. The number of hydrogen-bond acceptors (Lipinski definition) is 11. The second kappa shape index (κ2) is 20.4. The van der Waals surface area contributed by atoms with Crippen LogP contribution in [0.25, 0.3) is 0 Å². The Bertz CT molecular complexity index is 1390. The highest BCUT2D eigenvalue weighted by molar-refractivity contribution is 6.23. The monoisotopic (exact) mass is 713 g/mol. The van der Waals surface area contributed by atoms with Crippen molar-refractivity contribution < 1.29 is 38.5 Å². The summed E-state index contributed by atoms with van der Waals surface area (Å²) in [6.07, 6.45) is 5.94. The molecule has 0 spiro atoms. The molecule has 1 aliphatic carbocycles. The van der Waals surface area contributed by atoms with Crippen molar-refractivity contribution in [2.45, 2.75) is 84.7 Å². The Morgan fingerprint density at radius 2 is 1.73 bits per heavy atom. The summed E-state index contributed by atoms with van der Waals surface area (Å²) in [7, 11) is 2.96. The predicted octanol–water partition coefficient (Wildman–Crippen LogP) is 2.77. The lowest BCUT2D eigenvalue weighted by Gasteiger charge is -2.34. The van der Waals surface area contributed by atoms with Gasteiger partial charge in [0.1, 0.15) is 6.10 Å². The first-order valence-electron chi connectivity index (χ1n) is 18.1. The third-order valence-electron chi connectivity index (χ3n) is 9.75. The minimum Gasteiger partial charge on any atom is -0.439 e. The molecule has 2 bridgehead atoms. The number of nitrogens with one attached hydrogen (secondary N) is 2. The van der Waals surface area contributed by atoms with Crippen LogP contribution in [0.3, 0.4) is 0 Å². The number of ketones is 2. The van der Waals surface area contributed by atoms with Crippen LogP contribution in [0.15, 0.2) is 58.5 Å². The van der Waals surface area contributed by atoms with Crippen molar-refractivity contribution in [1.29, 1.82) is 0 Å². The molecule has 1 fully saturated rings. The van der Waals surface area contributed by atoms with Crippen LogP contribution in [0.5, 0.6) is 0 Å². The SMILES string of the molecule is CCCN1CCN(CCCNC2=C3CC(C)CC(OC)C(O)C(C)/C=C(\C)C(OC(N)=O)C(OC)/C=C\C=C(/C)C(=O)NC(=CC2=O)C3=O)CC1. The van der Waals surface area contributed by atoms with Gasteiger partial charge in [0.25, 0.3) is 5.91 Å². The van der Waals surface area contributed by atoms with Gasteiger partial charge in [0.2, 0.25) is 11.6 Å². The molecule has 3 rings (SSSR count). The number of fused-ring (bicyclic) bond motifs is 2. The number of aliphatic hydroxyl groups excluding tert-OH is 1. The van der Waals surface area contributed by atoms with E-state index >= 15 is 0 Å². The normalized spacial score (nSPS) is 30.8. The maximum atomic E-state index is 14.0. The highest BCUT2D eigenvalue weighted by Gasteiger charge is 2.33. The van der Waals surface area contributed by atoms with Crippen molar-refractivity contribution in [2.75, 3.05) is 60.0 Å². The van der Waals surface area contributed by atoms with Gasteiger partial charge in [-0.3, -0.25) is 14.4 Å². The number of piperazine rings is 1. The van der Waals surface area contributed by atoms with Gasteiger partial charge in [-0.2, -0.15) is 0 Å². The van der Waals surface area contributed by atoms with E-state index < -0.39 is 48.1 Å². The Morgan fingerprint density at radius 3 is 2.33 bits per heavy atom. The third-order valence-corrected chi connectivity index (χ3v) is 9.75. The number of allylic oxidation sites excluding steroid dienone is 4. The molecular weight excluding hydrogens is 654 g/mol. The van der Waals surface area contributed by atoms with Crippen LogP contribution in [0.4, 0.5) is 4.79 Å². The van der Waals surface area contributed by atoms with E-state index in [-0.39, 0.29) is 35.1 Å². The quantitative estimate of drug-likeness (QED) is 0.149. The van der Waals surface area contributed by atoms with Crippen LogP contribution in [0, 0.1) is 11.8 Å². The molecule has 6 unspecified atom stereocenters. The van der Waals surface area contributed by atoms with E-state index in [1.807, 2.05) is 13.8 Å². The Hall–Kier alpha value is -3.62. The van der Waals surface area contributed by atoms with Crippen LogP contribution in [0.2, 0.25) is 0 Å². The van der Waals surface area contributed by atoms with Crippen molar-refractivity contribution in [2.24, 2.45) is 17.6 Å². The van der Waals surface area contributed by atoms with Crippen molar-refractivity contribution in [3.63, 3.8) is 0 Å². The van der Waals surface area contributed by atoms with Crippen LogP contribution in [-0.2, 0) is 28.6 Å². The van der Waals surface area contributed by atoms with Crippen molar-refractivity contribution in [1.82, 2.24) is 20.4 Å². The number of carbonyl (C=O) groups excluding carboxylic acids is 4. The molecular formula is C38H59N5O8. The van der Waals surface area contributed by atoms with Crippen molar-refractivity contribution >= 4 is 23.6 Å². The predicted molar refractivity (Wildman–Crippen MR) is 195 cm³/mol. The zero-order valence-corrected chi connectivity index (χ0v) is 31.4. The van der Waals surface area contributed by atoms with Gasteiger partial charge in [0, 0.05) is 70.1 Å². The fourth-order valence-electron chi connectivity index (χ4n) is 6.85. The lowest BCUT2D eigenvalue weighted by Crippen LogP contribution is -2.47. The topological polar surface area (TPSA) is 173 Å². The number of carbonyl (C=O) groups is 4. The standard InChI is InChI=1S/C38H59N5O8/c1-8-14-42-16-18-43(19-17-42)15-10-13-40-33-28-20-24(2)21-32(50-7)34(45)26(4)22-27(5)36(51-38(39)48)31(49-6)12-9-11-25(3)37(47)41-29(35(28)46)23-30(33)44/h9,11-12,22-24,26,31-32,34,36,40,45H,8,10,13-21H2,1-7H3,(H2,39,48)(H,41,47)/b12-9-,25-11+,27-22+. The first kappa shape index (κ1) is 41.8. The average Bonchev–Trinajstić information content (AvgIpc) is 3.09. The second-order valence-corrected chi connectivity index (χ2v) is 13.9. The molecule has 13 nitrogen and oxygen atoms in total. The summed E-state index contributed by atoms with van der Waals surface area (Å²) < 4.78 is 16.8. The number of rotatable bonds is 10. The molecule has 2 amide bonds. The summed E-state index contributed by atoms with van der Waals surface area (Å²) in [4.78, 5) is 57.5. The molecule has 2 heterocycles. The molecule has 284 valence electrons. The lowest BCUT2D eigenvalue weighted by atomic mass is 9.85. The minimum atomic E-state index is -0.993. The van der Waals surface area contributed by atoms with Gasteiger partial charge in [-0.25, -0.2) is 4.79 Å². The van der Waals surface area contributed by atoms with E-state index in [4.69, 9.17) is 19.9 Å². The molecule has 1 saturated heterocycles. The van der Waals surface area contributed by atoms with Gasteiger partial charge < -0.3 is 45.5 Å². The molecule has 0 aromatic rings. The van der Waals surface area contributed by atoms with Gasteiger partial charge >= 0.3 is 6.09 Å². The van der Waals surface area contributed by atoms with Crippen LogP contribution in [0.1, 0.15) is 60.3 Å². The highest BCUT2D eigenvalue weighted by Crippen LogP contribution is 2.29. The Morgan fingerprint density at radius 1 is 1.06 bits per heavy atom. The van der Waals surface area contributed by atoms with Crippen molar-refractivity contribution in [3.05, 3.63) is 58.5 Å². The number of hydrogen-bond donors (Lipinski definition) is 4. The van der Waals surface area contributed by atoms with Gasteiger partial charge in [-0.15, -0.1) is 0 Å². The Balaban J connectivity index is 1.90. The third kappa shape index (κ3) is 12.2. The highest BCUT2D eigenvalue weighted by atomic mass is 16.6. The van der Waals surface area contributed by atoms with Crippen molar-refractivity contribution in [3.8, 4) is 0 Å². The average molecular weight is 714 g/mol. The minimum absolute atomic E-state index is 0.0983. The van der Waals surface area contributed by atoms with E-state index in [1.165, 1.54) is 26.4 Å². The van der Waals surface area contributed by atoms with E-state index in [0.717, 1.165) is 52.1 Å². The van der Waals surface area contributed by atoms with Gasteiger partial charge in [-0.05, 0) is 64.1 Å². The van der Waals surface area contributed by atoms with E-state index in [0.29, 0.717) is 24.1 Å². The molecule has 2 aliphatic heterocycles. The number of primary amides is 1. The molecule has 0 aromatic heterocycles. The summed E-state index contributed by atoms with van der Waals surface area (Å²) in [5.74, 6) is -2.01. The molecule has 0 aromatic carbocycles. The molecule has 0 saturated carbocycles. The number of amides is 2. The fraction of sp³-hybridized carbons (Fsp3) is 0.632. The smallest absolute Gasteiger partial charge is 0.405 e. The maximum absolute atomic E-state index is 14.0. The molecule has 3 aliphatic rings. The van der Waals surface area contributed by atoms with Crippen LogP contribution >= 0.6 is 0 Å². The summed E-state index contributed by atoms with van der Waals surface area (Å²) >= 11 is 0. The number of aliphatic hydroxyl groups is 1.